The first-order chi connectivity index (χ1) is 11.7. The zero-order chi connectivity index (χ0) is 16.9. The van der Waals surface area contributed by atoms with Crippen molar-refractivity contribution in [2.24, 2.45) is 0 Å². The summed E-state index contributed by atoms with van der Waals surface area (Å²) in [6.07, 6.45) is 3.63. The summed E-state index contributed by atoms with van der Waals surface area (Å²) in [5.74, 6) is 1.45. The lowest BCUT2D eigenvalue weighted by Crippen LogP contribution is -2.34. The number of rotatable bonds is 5. The summed E-state index contributed by atoms with van der Waals surface area (Å²) in [5, 5.41) is 0. The predicted octanol–water partition coefficient (Wildman–Crippen LogP) is 3.14. The summed E-state index contributed by atoms with van der Waals surface area (Å²) in [5.41, 5.74) is 2.06. The van der Waals surface area contributed by atoms with Gasteiger partial charge in [-0.2, -0.15) is 0 Å². The third-order valence-corrected chi connectivity index (χ3v) is 4.32. The second kappa shape index (κ2) is 7.34. The largest absolute Gasteiger partial charge is 0.497 e. The van der Waals surface area contributed by atoms with Crippen LogP contribution in [0.15, 0.2) is 42.6 Å². The monoisotopic (exact) mass is 326 g/mol. The van der Waals surface area contributed by atoms with Crippen LogP contribution >= 0.6 is 0 Å². The number of pyridine rings is 1. The lowest BCUT2D eigenvalue weighted by atomic mass is 10.0. The Morgan fingerprint density at radius 3 is 2.62 bits per heavy atom. The number of carbonyl (C=O) groups is 1. The molecule has 126 valence electrons. The number of nitrogens with zero attached hydrogens (tertiary/aromatic N) is 2. The summed E-state index contributed by atoms with van der Waals surface area (Å²) in [6, 6.07) is 11.7. The van der Waals surface area contributed by atoms with E-state index in [4.69, 9.17) is 9.47 Å². The van der Waals surface area contributed by atoms with Gasteiger partial charge in [0.2, 0.25) is 0 Å². The average molecular weight is 326 g/mol. The maximum Gasteiger partial charge on any atom is 0.261 e. The van der Waals surface area contributed by atoms with E-state index in [0.717, 1.165) is 36.4 Å². The van der Waals surface area contributed by atoms with Crippen molar-refractivity contribution in [2.75, 3.05) is 20.3 Å². The Morgan fingerprint density at radius 2 is 1.96 bits per heavy atom. The van der Waals surface area contributed by atoms with E-state index in [0.29, 0.717) is 5.75 Å². The predicted molar refractivity (Wildman–Crippen MR) is 91.2 cm³/mol. The van der Waals surface area contributed by atoms with Gasteiger partial charge in [-0.25, -0.2) is 0 Å². The summed E-state index contributed by atoms with van der Waals surface area (Å²) in [6.45, 7) is 2.72. The van der Waals surface area contributed by atoms with E-state index in [1.807, 2.05) is 48.2 Å². The summed E-state index contributed by atoms with van der Waals surface area (Å²) in [4.78, 5) is 18.6. The van der Waals surface area contributed by atoms with Gasteiger partial charge in [0, 0.05) is 12.2 Å². The molecular formula is C19H22N2O3. The number of carbonyl (C=O) groups excluding carboxylic acids is 1. The van der Waals surface area contributed by atoms with E-state index in [2.05, 4.69) is 4.98 Å². The number of amides is 1. The number of benzene rings is 1. The number of aromatic nitrogens is 1. The minimum atomic E-state index is 0.00823. The molecule has 1 aromatic carbocycles. The molecule has 0 saturated carbocycles. The fourth-order valence-corrected chi connectivity index (χ4v) is 3.01. The van der Waals surface area contributed by atoms with Gasteiger partial charge < -0.3 is 14.4 Å². The Bertz CT molecular complexity index is 683. The summed E-state index contributed by atoms with van der Waals surface area (Å²) < 4.78 is 10.8. The molecule has 5 nitrogen and oxygen atoms in total. The molecule has 1 atom stereocenters. The van der Waals surface area contributed by atoms with Gasteiger partial charge in [-0.15, -0.1) is 0 Å². The number of aryl methyl sites for hydroxylation is 1. The highest BCUT2D eigenvalue weighted by molar-refractivity contribution is 5.78. The minimum Gasteiger partial charge on any atom is -0.497 e. The van der Waals surface area contributed by atoms with Gasteiger partial charge in [-0.3, -0.25) is 9.78 Å². The van der Waals surface area contributed by atoms with E-state index in [-0.39, 0.29) is 18.6 Å². The highest BCUT2D eigenvalue weighted by Gasteiger charge is 2.30. The molecule has 1 saturated heterocycles. The van der Waals surface area contributed by atoms with Crippen LogP contribution in [0.4, 0.5) is 0 Å². The van der Waals surface area contributed by atoms with E-state index < -0.39 is 0 Å². The first-order valence-corrected chi connectivity index (χ1v) is 8.16. The lowest BCUT2D eigenvalue weighted by molar-refractivity contribution is -0.134. The van der Waals surface area contributed by atoms with Crippen LogP contribution in [0.5, 0.6) is 11.5 Å². The van der Waals surface area contributed by atoms with Crippen molar-refractivity contribution in [3.05, 3.63) is 53.9 Å². The molecule has 3 rings (SSSR count). The molecule has 0 N–H and O–H groups in total. The smallest absolute Gasteiger partial charge is 0.261 e. The minimum absolute atomic E-state index is 0.00823. The van der Waals surface area contributed by atoms with E-state index in [9.17, 15) is 4.79 Å². The first-order valence-electron chi connectivity index (χ1n) is 8.16. The van der Waals surface area contributed by atoms with Crippen LogP contribution < -0.4 is 9.47 Å². The Morgan fingerprint density at radius 1 is 1.21 bits per heavy atom. The van der Waals surface area contributed by atoms with Crippen molar-refractivity contribution in [1.29, 1.82) is 0 Å². The van der Waals surface area contributed by atoms with Crippen molar-refractivity contribution in [2.45, 2.75) is 25.8 Å². The van der Waals surface area contributed by atoms with Crippen LogP contribution in [-0.2, 0) is 4.79 Å². The maximum absolute atomic E-state index is 12.5. The highest BCUT2D eigenvalue weighted by atomic mass is 16.5. The van der Waals surface area contributed by atoms with Crippen LogP contribution in [-0.4, -0.2) is 36.1 Å². The van der Waals surface area contributed by atoms with Crippen molar-refractivity contribution in [3.8, 4) is 11.5 Å². The maximum atomic E-state index is 12.5. The van der Waals surface area contributed by atoms with Crippen LogP contribution in [0.3, 0.4) is 0 Å². The molecule has 24 heavy (non-hydrogen) atoms. The van der Waals surface area contributed by atoms with Crippen molar-refractivity contribution in [3.63, 3.8) is 0 Å². The molecule has 1 aromatic heterocycles. The van der Waals surface area contributed by atoms with Gasteiger partial charge in [0.25, 0.3) is 5.91 Å². The van der Waals surface area contributed by atoms with Crippen LogP contribution in [0.1, 0.15) is 30.1 Å². The molecule has 0 radical (unpaired) electrons. The topological polar surface area (TPSA) is 51.7 Å². The van der Waals surface area contributed by atoms with Gasteiger partial charge in [0.1, 0.15) is 11.5 Å². The molecule has 2 heterocycles. The van der Waals surface area contributed by atoms with Crippen molar-refractivity contribution in [1.82, 2.24) is 9.88 Å². The zero-order valence-corrected chi connectivity index (χ0v) is 14.1. The standard InChI is InChI=1S/C19H22N2O3/c1-14-5-8-17(12-20-14)24-13-19(22)21-11-3-4-18(21)15-6-9-16(23-2)10-7-15/h5-10,12,18H,3-4,11,13H2,1-2H3/t18-/m0/s1. The Kier molecular flexibility index (Phi) is 4.99. The zero-order valence-electron chi connectivity index (χ0n) is 14.1. The van der Waals surface area contributed by atoms with Gasteiger partial charge in [0.05, 0.1) is 19.3 Å². The van der Waals surface area contributed by atoms with Crippen molar-refractivity contribution < 1.29 is 14.3 Å². The quantitative estimate of drug-likeness (QED) is 0.847. The molecule has 0 spiro atoms. The molecule has 2 aromatic rings. The number of hydrogen-bond donors (Lipinski definition) is 0. The summed E-state index contributed by atoms with van der Waals surface area (Å²) >= 11 is 0. The second-order valence-electron chi connectivity index (χ2n) is 5.94. The number of ether oxygens (including phenoxy) is 2. The van der Waals surface area contributed by atoms with Gasteiger partial charge in [-0.05, 0) is 49.6 Å². The third kappa shape index (κ3) is 3.67. The van der Waals surface area contributed by atoms with Gasteiger partial charge >= 0.3 is 0 Å². The van der Waals surface area contributed by atoms with Crippen molar-refractivity contribution >= 4 is 5.91 Å². The van der Waals surface area contributed by atoms with E-state index >= 15 is 0 Å². The number of hydrogen-bond acceptors (Lipinski definition) is 4. The Hall–Kier alpha value is -2.56. The molecular weight excluding hydrogens is 304 g/mol. The molecule has 0 bridgehead atoms. The van der Waals surface area contributed by atoms with E-state index in [1.165, 1.54) is 0 Å². The van der Waals surface area contributed by atoms with Crippen LogP contribution in [0.2, 0.25) is 0 Å². The number of methoxy groups -OCH3 is 1. The molecule has 5 heteroatoms. The van der Waals surface area contributed by atoms with Crippen LogP contribution in [0, 0.1) is 6.92 Å². The Balaban J connectivity index is 1.63. The first kappa shape index (κ1) is 16.3. The van der Waals surface area contributed by atoms with Crippen LogP contribution in [0.25, 0.3) is 0 Å². The van der Waals surface area contributed by atoms with E-state index in [1.54, 1.807) is 13.3 Å². The number of likely N-dealkylation sites (tertiary alicyclic amines) is 1. The molecule has 0 unspecified atom stereocenters. The lowest BCUT2D eigenvalue weighted by Gasteiger charge is -2.25. The molecule has 1 aliphatic heterocycles. The molecule has 1 fully saturated rings. The average Bonchev–Trinajstić information content (AvgIpc) is 3.11. The Labute approximate surface area is 142 Å². The molecule has 1 aliphatic rings. The fraction of sp³-hybridized carbons (Fsp3) is 0.368. The fourth-order valence-electron chi connectivity index (χ4n) is 3.01. The van der Waals surface area contributed by atoms with Gasteiger partial charge in [0.15, 0.2) is 6.61 Å². The SMILES string of the molecule is COc1ccc([C@@H]2CCCN2C(=O)COc2ccc(C)nc2)cc1. The molecule has 1 amide bonds. The summed E-state index contributed by atoms with van der Waals surface area (Å²) in [7, 11) is 1.65. The molecule has 0 aliphatic carbocycles. The highest BCUT2D eigenvalue weighted by Crippen LogP contribution is 2.32. The third-order valence-electron chi connectivity index (χ3n) is 4.32. The second-order valence-corrected chi connectivity index (χ2v) is 5.94. The normalized spacial score (nSPS) is 16.9. The van der Waals surface area contributed by atoms with Gasteiger partial charge in [-0.1, -0.05) is 12.1 Å².